The van der Waals surface area contributed by atoms with Crippen LogP contribution in [-0.4, -0.2) is 57.0 Å². The van der Waals surface area contributed by atoms with E-state index in [9.17, 15) is 0 Å². The monoisotopic (exact) mass is 100.0 g/mol. The van der Waals surface area contributed by atoms with Crippen LogP contribution in [0.2, 0.25) is 0 Å². The molecule has 0 saturated heterocycles. The van der Waals surface area contributed by atoms with Crippen LogP contribution in [0.4, 0.5) is 0 Å². The minimum absolute atomic E-state index is 0. The SMILES string of the molecule is O=[SiH2].[AlH3].[NaH]. The molecule has 0 radical (unpaired) electrons. The van der Waals surface area contributed by atoms with Gasteiger partial charge in [0, 0.05) is 0 Å². The van der Waals surface area contributed by atoms with Crippen molar-refractivity contribution in [1.82, 2.24) is 0 Å². The summed E-state index contributed by atoms with van der Waals surface area (Å²) in [7, 11) is 0.611. The molecule has 0 bridgehead atoms. The van der Waals surface area contributed by atoms with Gasteiger partial charge in [-0.05, 0) is 0 Å². The average molecular weight is 100 g/mol. The zero-order valence-electron chi connectivity index (χ0n) is 1.12. The minimum atomic E-state index is 0. The van der Waals surface area contributed by atoms with Gasteiger partial charge in [-0.1, -0.05) is 0 Å². The summed E-state index contributed by atoms with van der Waals surface area (Å²) in [6.07, 6.45) is 0. The van der Waals surface area contributed by atoms with Crippen molar-refractivity contribution >= 4 is 57.0 Å². The summed E-state index contributed by atoms with van der Waals surface area (Å²) in [5, 5.41) is 0. The molecule has 4 heavy (non-hydrogen) atoms. The molecule has 0 heterocycles. The van der Waals surface area contributed by atoms with Gasteiger partial charge in [0.05, 0.1) is 0 Å². The van der Waals surface area contributed by atoms with Crippen molar-refractivity contribution in [2.75, 3.05) is 0 Å². The van der Waals surface area contributed by atoms with Crippen LogP contribution in [0.1, 0.15) is 0 Å². The molecule has 0 atom stereocenters. The van der Waals surface area contributed by atoms with Gasteiger partial charge in [0.2, 0.25) is 10.1 Å². The van der Waals surface area contributed by atoms with Gasteiger partial charge >= 0.3 is 29.6 Å². The summed E-state index contributed by atoms with van der Waals surface area (Å²) in [5.74, 6) is 0. The fraction of sp³-hybridized carbons (Fsp3) is 0. The third-order valence-electron chi connectivity index (χ3n) is 0. The summed E-state index contributed by atoms with van der Waals surface area (Å²) in [5.41, 5.74) is 0. The van der Waals surface area contributed by atoms with Gasteiger partial charge in [-0.25, -0.2) is 0 Å². The molecule has 20 valence electrons. The van der Waals surface area contributed by atoms with Crippen LogP contribution in [0.15, 0.2) is 0 Å². The fourth-order valence-electron chi connectivity index (χ4n) is 0. The van der Waals surface area contributed by atoms with E-state index in [1.54, 1.807) is 0 Å². The molecule has 0 N–H and O–H groups in total. The van der Waals surface area contributed by atoms with Crippen LogP contribution in [0.25, 0.3) is 0 Å². The summed E-state index contributed by atoms with van der Waals surface area (Å²) < 4.78 is 8.28. The molecule has 0 aromatic carbocycles. The quantitative estimate of drug-likeness (QED) is 0.299. The molecule has 1 nitrogen and oxygen atoms in total. The molecular weight excluding hydrogens is 94.1 g/mol. The number of hydrogen-bond acceptors (Lipinski definition) is 1. The Kier molecular flexibility index (Phi) is 105. The van der Waals surface area contributed by atoms with Crippen LogP contribution in [0.3, 0.4) is 0 Å². The van der Waals surface area contributed by atoms with Gasteiger partial charge in [-0.3, -0.25) is 0 Å². The zero-order valence-corrected chi connectivity index (χ0v) is 2.53. The first kappa shape index (κ1) is 17.7. The molecule has 0 rings (SSSR count). The summed E-state index contributed by atoms with van der Waals surface area (Å²) in [6, 6.07) is 0. The Bertz CT molecular complexity index is 8.00. The Morgan fingerprint density at radius 1 is 1.25 bits per heavy atom. The standard InChI is InChI=1S/Al.Na.H2OSi.4H/c;;1-2;;;;/h;;2H2;;;;. The second kappa shape index (κ2) is 23.9. The fourth-order valence-corrected chi connectivity index (χ4v) is 0. The van der Waals surface area contributed by atoms with E-state index in [-0.39, 0.29) is 46.9 Å². The summed E-state index contributed by atoms with van der Waals surface area (Å²) >= 11 is 0. The van der Waals surface area contributed by atoms with Gasteiger partial charge in [0.25, 0.3) is 0 Å². The first-order valence-corrected chi connectivity index (χ1v) is 0.866. The van der Waals surface area contributed by atoms with Crippen molar-refractivity contribution in [3.63, 3.8) is 0 Å². The van der Waals surface area contributed by atoms with Crippen LogP contribution in [0.5, 0.6) is 0 Å². The number of rotatable bonds is 0. The molecular formula is H6AlNaOSi. The van der Waals surface area contributed by atoms with Crippen molar-refractivity contribution in [2.45, 2.75) is 0 Å². The summed E-state index contributed by atoms with van der Waals surface area (Å²) in [4.78, 5) is 0. The molecule has 0 aliphatic rings. The topological polar surface area (TPSA) is 17.1 Å². The number of hydrogen-bond donors (Lipinski definition) is 0. The first-order chi connectivity index (χ1) is 1.00. The van der Waals surface area contributed by atoms with E-state index in [1.165, 1.54) is 0 Å². The predicted octanol–water partition coefficient (Wildman–Crippen LogP) is -2.87. The van der Waals surface area contributed by atoms with Crippen molar-refractivity contribution in [3.05, 3.63) is 0 Å². The molecule has 0 unspecified atom stereocenters. The molecule has 0 spiro atoms. The van der Waals surface area contributed by atoms with E-state index in [2.05, 4.69) is 0 Å². The van der Waals surface area contributed by atoms with E-state index in [4.69, 9.17) is 4.46 Å². The maximum absolute atomic E-state index is 8.28. The Morgan fingerprint density at radius 2 is 1.25 bits per heavy atom. The van der Waals surface area contributed by atoms with Crippen molar-refractivity contribution in [3.8, 4) is 0 Å². The van der Waals surface area contributed by atoms with E-state index < -0.39 is 0 Å². The van der Waals surface area contributed by atoms with E-state index >= 15 is 0 Å². The molecule has 0 aliphatic carbocycles. The molecule has 0 aromatic heterocycles. The third kappa shape index (κ3) is 9.61. The second-order valence-electron chi connectivity index (χ2n) is 0. The Labute approximate surface area is 61.1 Å². The van der Waals surface area contributed by atoms with Crippen molar-refractivity contribution in [2.24, 2.45) is 0 Å². The Morgan fingerprint density at radius 3 is 1.25 bits per heavy atom. The molecule has 0 fully saturated rings. The molecule has 4 heteroatoms. The van der Waals surface area contributed by atoms with Crippen molar-refractivity contribution < 1.29 is 4.46 Å². The third-order valence-corrected chi connectivity index (χ3v) is 0. The van der Waals surface area contributed by atoms with Gasteiger partial charge < -0.3 is 4.46 Å². The second-order valence-corrected chi connectivity index (χ2v) is 0. The van der Waals surface area contributed by atoms with E-state index in [0.29, 0.717) is 10.1 Å². The first-order valence-electron chi connectivity index (χ1n) is 0.289. The van der Waals surface area contributed by atoms with Gasteiger partial charge in [-0.15, -0.1) is 0 Å². The molecule has 0 aliphatic heterocycles. The molecule has 0 aromatic rings. The molecule has 0 saturated carbocycles. The van der Waals surface area contributed by atoms with Gasteiger partial charge in [0.15, 0.2) is 17.4 Å². The van der Waals surface area contributed by atoms with E-state index in [0.717, 1.165) is 0 Å². The predicted molar refractivity (Wildman–Crippen MR) is 26.3 cm³/mol. The van der Waals surface area contributed by atoms with Crippen LogP contribution >= 0.6 is 0 Å². The van der Waals surface area contributed by atoms with Crippen LogP contribution < -0.4 is 0 Å². The Hall–Kier alpha value is 1.55. The molecule has 0 amide bonds. The van der Waals surface area contributed by atoms with Crippen molar-refractivity contribution in [1.29, 1.82) is 0 Å². The Balaban J connectivity index is -0.00000000500. The normalized spacial score (nSPS) is 1.00. The average Bonchev–Trinajstić information content (AvgIpc) is 1.00. The zero-order chi connectivity index (χ0) is 2.00. The maximum atomic E-state index is 8.28. The van der Waals surface area contributed by atoms with E-state index in [1.807, 2.05) is 0 Å². The van der Waals surface area contributed by atoms with Gasteiger partial charge in [0.1, 0.15) is 0 Å². The van der Waals surface area contributed by atoms with Crippen LogP contribution in [-0.2, 0) is 4.46 Å². The van der Waals surface area contributed by atoms with Crippen LogP contribution in [0, 0.1) is 0 Å². The van der Waals surface area contributed by atoms with Gasteiger partial charge in [-0.2, -0.15) is 0 Å². The summed E-state index contributed by atoms with van der Waals surface area (Å²) in [6.45, 7) is 0.